The highest BCUT2D eigenvalue weighted by Crippen LogP contribution is 2.23. The van der Waals surface area contributed by atoms with Crippen molar-refractivity contribution in [2.24, 2.45) is 0 Å². The van der Waals surface area contributed by atoms with Crippen LogP contribution in [0, 0.1) is 6.92 Å². The third-order valence-corrected chi connectivity index (χ3v) is 3.63. The predicted molar refractivity (Wildman–Crippen MR) is 95.6 cm³/mol. The van der Waals surface area contributed by atoms with Crippen molar-refractivity contribution >= 4 is 29.1 Å². The van der Waals surface area contributed by atoms with Crippen molar-refractivity contribution in [2.75, 3.05) is 5.32 Å². The number of rotatable bonds is 3. The molecular weight excluding hydrogens is 326 g/mol. The number of hydrogen-bond acceptors (Lipinski definition) is 3. The molecule has 0 aliphatic carbocycles. The van der Waals surface area contributed by atoms with Crippen LogP contribution in [-0.4, -0.2) is 22.3 Å². The average Bonchev–Trinajstić information content (AvgIpc) is 2.50. The lowest BCUT2D eigenvalue weighted by molar-refractivity contribution is 0.0914. The van der Waals surface area contributed by atoms with Gasteiger partial charge in [0.05, 0.1) is 0 Å². The topological polar surface area (TPSA) is 71.1 Å². The van der Waals surface area contributed by atoms with Crippen LogP contribution >= 0.6 is 11.6 Å². The smallest absolute Gasteiger partial charge is 0.274 e. The Hall–Kier alpha value is -2.40. The van der Waals surface area contributed by atoms with Crippen LogP contribution in [0.15, 0.2) is 36.4 Å². The van der Waals surface area contributed by atoms with E-state index in [9.17, 15) is 9.59 Å². The van der Waals surface area contributed by atoms with Crippen LogP contribution in [0.25, 0.3) is 0 Å². The fourth-order valence-corrected chi connectivity index (χ4v) is 2.20. The average molecular weight is 346 g/mol. The Bertz CT molecular complexity index is 782. The van der Waals surface area contributed by atoms with Crippen molar-refractivity contribution in [3.63, 3.8) is 0 Å². The number of anilines is 1. The minimum absolute atomic E-state index is 0.163. The molecule has 24 heavy (non-hydrogen) atoms. The van der Waals surface area contributed by atoms with E-state index in [-0.39, 0.29) is 22.8 Å². The molecule has 0 atom stereocenters. The summed E-state index contributed by atoms with van der Waals surface area (Å²) in [4.78, 5) is 28.7. The molecule has 0 aliphatic heterocycles. The fraction of sp³-hybridized carbons (Fsp3) is 0.278. The van der Waals surface area contributed by atoms with E-state index >= 15 is 0 Å². The summed E-state index contributed by atoms with van der Waals surface area (Å²) in [5.41, 5.74) is 1.36. The van der Waals surface area contributed by atoms with Gasteiger partial charge in [0.1, 0.15) is 11.4 Å². The van der Waals surface area contributed by atoms with Crippen molar-refractivity contribution in [3.8, 4) is 0 Å². The largest absolute Gasteiger partial charge is 0.346 e. The van der Waals surface area contributed by atoms with Crippen molar-refractivity contribution in [2.45, 2.75) is 33.2 Å². The lowest BCUT2D eigenvalue weighted by atomic mass is 10.1. The maximum Gasteiger partial charge on any atom is 0.274 e. The molecule has 0 fully saturated rings. The van der Waals surface area contributed by atoms with Gasteiger partial charge in [-0.3, -0.25) is 9.59 Å². The highest BCUT2D eigenvalue weighted by molar-refractivity contribution is 6.31. The second-order valence-electron chi connectivity index (χ2n) is 6.48. The maximum absolute atomic E-state index is 12.4. The Balaban J connectivity index is 2.20. The van der Waals surface area contributed by atoms with E-state index in [1.165, 1.54) is 0 Å². The number of pyridine rings is 1. The van der Waals surface area contributed by atoms with Gasteiger partial charge < -0.3 is 10.6 Å². The monoisotopic (exact) mass is 345 g/mol. The Morgan fingerprint density at radius 2 is 1.58 bits per heavy atom. The van der Waals surface area contributed by atoms with Gasteiger partial charge in [0.2, 0.25) is 0 Å². The zero-order valence-corrected chi connectivity index (χ0v) is 14.9. The minimum Gasteiger partial charge on any atom is -0.346 e. The lowest BCUT2D eigenvalue weighted by Gasteiger charge is -2.20. The van der Waals surface area contributed by atoms with Crippen molar-refractivity contribution < 1.29 is 9.59 Å². The summed E-state index contributed by atoms with van der Waals surface area (Å²) in [6.07, 6.45) is 0. The fourth-order valence-electron chi connectivity index (χ4n) is 2.02. The molecule has 2 aromatic rings. The first-order valence-corrected chi connectivity index (χ1v) is 7.91. The molecule has 0 aliphatic rings. The quantitative estimate of drug-likeness (QED) is 0.888. The summed E-state index contributed by atoms with van der Waals surface area (Å²) in [5.74, 6) is -0.720. The van der Waals surface area contributed by atoms with Crippen LogP contribution in [0.3, 0.4) is 0 Å². The summed E-state index contributed by atoms with van der Waals surface area (Å²) in [7, 11) is 0. The molecule has 0 unspecified atom stereocenters. The van der Waals surface area contributed by atoms with Gasteiger partial charge in [-0.1, -0.05) is 23.7 Å². The van der Waals surface area contributed by atoms with Gasteiger partial charge in [-0.25, -0.2) is 4.98 Å². The first-order valence-electron chi connectivity index (χ1n) is 7.53. The molecule has 5 nitrogen and oxygen atoms in total. The second kappa shape index (κ2) is 7.01. The molecule has 2 N–H and O–H groups in total. The van der Waals surface area contributed by atoms with E-state index in [2.05, 4.69) is 15.6 Å². The van der Waals surface area contributed by atoms with Gasteiger partial charge >= 0.3 is 0 Å². The van der Waals surface area contributed by atoms with E-state index in [4.69, 9.17) is 11.6 Å². The molecule has 2 rings (SSSR count). The van der Waals surface area contributed by atoms with Crippen LogP contribution in [0.4, 0.5) is 5.69 Å². The molecule has 1 aromatic carbocycles. The van der Waals surface area contributed by atoms with Gasteiger partial charge in [-0.2, -0.15) is 0 Å². The van der Waals surface area contributed by atoms with Gasteiger partial charge in [0.15, 0.2) is 0 Å². The number of amides is 2. The van der Waals surface area contributed by atoms with E-state index in [0.717, 1.165) is 5.56 Å². The van der Waals surface area contributed by atoms with Crippen LogP contribution in [-0.2, 0) is 0 Å². The minimum atomic E-state index is -0.397. The summed E-state index contributed by atoms with van der Waals surface area (Å²) >= 11 is 6.05. The number of aromatic nitrogens is 1. The number of nitrogens with zero attached hydrogens (tertiary/aromatic N) is 1. The normalized spacial score (nSPS) is 11.0. The van der Waals surface area contributed by atoms with Crippen molar-refractivity contribution in [1.82, 2.24) is 10.3 Å². The van der Waals surface area contributed by atoms with Crippen LogP contribution < -0.4 is 10.6 Å². The number of hydrogen-bond donors (Lipinski definition) is 2. The number of carbonyl (C=O) groups excluding carboxylic acids is 2. The lowest BCUT2D eigenvalue weighted by Crippen LogP contribution is -2.41. The molecule has 0 spiro atoms. The Labute approximate surface area is 146 Å². The summed E-state index contributed by atoms with van der Waals surface area (Å²) in [6, 6.07) is 10.0. The molecule has 6 heteroatoms. The molecule has 0 saturated carbocycles. The SMILES string of the molecule is Cc1c(Cl)cccc1NC(=O)c1cccc(C(=O)NC(C)(C)C)n1. The van der Waals surface area contributed by atoms with Gasteiger partial charge in [-0.15, -0.1) is 0 Å². The van der Waals surface area contributed by atoms with Crippen molar-refractivity contribution in [3.05, 3.63) is 58.4 Å². The second-order valence-corrected chi connectivity index (χ2v) is 6.89. The van der Waals surface area contributed by atoms with E-state index in [1.54, 1.807) is 36.4 Å². The molecule has 126 valence electrons. The van der Waals surface area contributed by atoms with E-state index in [0.29, 0.717) is 10.7 Å². The Kier molecular flexibility index (Phi) is 5.24. The van der Waals surface area contributed by atoms with Gasteiger partial charge in [0, 0.05) is 16.2 Å². The Morgan fingerprint density at radius 1 is 1.00 bits per heavy atom. The van der Waals surface area contributed by atoms with E-state index < -0.39 is 5.91 Å². The highest BCUT2D eigenvalue weighted by Gasteiger charge is 2.18. The van der Waals surface area contributed by atoms with Crippen molar-refractivity contribution in [1.29, 1.82) is 0 Å². The standard InChI is InChI=1S/C18H20ClN3O2/c1-11-12(19)7-5-8-13(11)21-16(23)14-9-6-10-15(20-14)17(24)22-18(2,3)4/h5-10H,1-4H3,(H,21,23)(H,22,24). The van der Waals surface area contributed by atoms with Crippen LogP contribution in [0.2, 0.25) is 5.02 Å². The number of carbonyl (C=O) groups is 2. The third-order valence-electron chi connectivity index (χ3n) is 3.22. The Morgan fingerprint density at radius 3 is 2.21 bits per heavy atom. The third kappa shape index (κ3) is 4.55. The predicted octanol–water partition coefficient (Wildman–Crippen LogP) is 3.82. The summed E-state index contributed by atoms with van der Waals surface area (Å²) in [6.45, 7) is 7.45. The molecule has 1 aromatic heterocycles. The zero-order valence-electron chi connectivity index (χ0n) is 14.1. The maximum atomic E-state index is 12.4. The number of halogens is 1. The van der Waals surface area contributed by atoms with Gasteiger partial charge in [0.25, 0.3) is 11.8 Å². The number of benzene rings is 1. The molecule has 0 bridgehead atoms. The highest BCUT2D eigenvalue weighted by atomic mass is 35.5. The number of nitrogens with one attached hydrogen (secondary N) is 2. The summed E-state index contributed by atoms with van der Waals surface area (Å²) < 4.78 is 0. The van der Waals surface area contributed by atoms with Crippen LogP contribution in [0.5, 0.6) is 0 Å². The molecule has 2 amide bonds. The molecule has 0 saturated heterocycles. The first kappa shape index (κ1) is 17.9. The zero-order chi connectivity index (χ0) is 17.9. The molecule has 0 radical (unpaired) electrons. The first-order chi connectivity index (χ1) is 11.2. The van der Waals surface area contributed by atoms with Gasteiger partial charge in [-0.05, 0) is 57.5 Å². The van der Waals surface area contributed by atoms with E-state index in [1.807, 2.05) is 27.7 Å². The summed E-state index contributed by atoms with van der Waals surface area (Å²) in [5, 5.41) is 6.15. The molecular formula is C18H20ClN3O2. The van der Waals surface area contributed by atoms with Crippen LogP contribution in [0.1, 0.15) is 47.3 Å². The molecule has 1 heterocycles.